The van der Waals surface area contributed by atoms with Crippen LogP contribution in [-0.4, -0.2) is 87.5 Å². The Labute approximate surface area is 403 Å². The van der Waals surface area contributed by atoms with Crippen molar-refractivity contribution in [3.05, 3.63) is 0 Å². The third-order valence-electron chi connectivity index (χ3n) is 14.7. The molecule has 0 radical (unpaired) electrons. The van der Waals surface area contributed by atoms with Crippen molar-refractivity contribution in [2.75, 3.05) is 39.5 Å². The topological polar surface area (TPSA) is 170 Å². The van der Waals surface area contributed by atoms with Gasteiger partial charge in [0.2, 0.25) is 0 Å². The number of nitrogens with one attached hydrogen (secondary N) is 1. The van der Waals surface area contributed by atoms with Crippen LogP contribution < -0.4 is 5.32 Å². The third kappa shape index (κ3) is 28.1. The molecule has 13 heteroatoms. The van der Waals surface area contributed by atoms with Crippen LogP contribution in [0.5, 0.6) is 0 Å². The maximum Gasteiger partial charge on any atom is 0.306 e. The minimum atomic E-state index is -0.829. The van der Waals surface area contributed by atoms with E-state index in [4.69, 9.17) is 28.4 Å². The molecular weight excluding hydrogens is 855 g/mol. The van der Waals surface area contributed by atoms with Gasteiger partial charge in [0.1, 0.15) is 26.4 Å². The summed E-state index contributed by atoms with van der Waals surface area (Å²) in [6, 6.07) is 0. The van der Waals surface area contributed by atoms with Gasteiger partial charge in [-0.3, -0.25) is 28.8 Å². The zero-order chi connectivity index (χ0) is 47.6. The summed E-state index contributed by atoms with van der Waals surface area (Å²) in [6.07, 6.45) is 32.3. The van der Waals surface area contributed by atoms with Gasteiger partial charge in [0.05, 0.1) is 0 Å². The molecule has 0 atom stereocenters. The van der Waals surface area contributed by atoms with Gasteiger partial charge in [-0.1, -0.05) is 141 Å². The van der Waals surface area contributed by atoms with E-state index in [1.54, 1.807) is 0 Å². The van der Waals surface area contributed by atoms with Crippen LogP contribution in [0, 0.1) is 23.7 Å². The van der Waals surface area contributed by atoms with Crippen LogP contribution in [0.25, 0.3) is 0 Å². The highest BCUT2D eigenvalue weighted by Crippen LogP contribution is 2.30. The molecule has 4 fully saturated rings. The Kier molecular flexibility index (Phi) is 30.1. The first-order valence-electron chi connectivity index (χ1n) is 27.4. The van der Waals surface area contributed by atoms with Crippen molar-refractivity contribution in [1.82, 2.24) is 5.32 Å². The maximum absolute atomic E-state index is 12.8. The number of carbonyl (C=O) groups is 6. The second-order valence-electron chi connectivity index (χ2n) is 20.5. The van der Waals surface area contributed by atoms with Crippen molar-refractivity contribution in [3.63, 3.8) is 0 Å². The minimum absolute atomic E-state index is 0.119. The molecular formula is C54H91NO12. The lowest BCUT2D eigenvalue weighted by Gasteiger charge is -2.22. The fraction of sp³-hybridized carbons (Fsp3) is 0.889. The van der Waals surface area contributed by atoms with E-state index in [1.165, 1.54) is 77.0 Å². The Hall–Kier alpha value is -3.22. The van der Waals surface area contributed by atoms with Crippen molar-refractivity contribution >= 4 is 35.8 Å². The van der Waals surface area contributed by atoms with Gasteiger partial charge in [0, 0.05) is 38.5 Å². The first kappa shape index (κ1) is 56.4. The Morgan fingerprint density at radius 1 is 0.328 bits per heavy atom. The van der Waals surface area contributed by atoms with Gasteiger partial charge >= 0.3 is 35.8 Å². The molecule has 4 rings (SSSR count). The Balaban J connectivity index is 1.05. The molecule has 4 saturated carbocycles. The quantitative estimate of drug-likeness (QED) is 0.0368. The van der Waals surface area contributed by atoms with E-state index in [2.05, 4.69) is 5.32 Å². The highest BCUT2D eigenvalue weighted by molar-refractivity contribution is 5.72. The summed E-state index contributed by atoms with van der Waals surface area (Å²) in [5, 5.41) is 3.43. The van der Waals surface area contributed by atoms with E-state index >= 15 is 0 Å². The lowest BCUT2D eigenvalue weighted by molar-refractivity contribution is -0.167. The fourth-order valence-electron chi connectivity index (χ4n) is 10.5. The zero-order valence-corrected chi connectivity index (χ0v) is 41.6. The Morgan fingerprint density at radius 2 is 0.597 bits per heavy atom. The molecule has 0 aromatic heterocycles. The summed E-state index contributed by atoms with van der Waals surface area (Å²) in [4.78, 5) is 76.0. The molecule has 4 aliphatic rings. The van der Waals surface area contributed by atoms with Crippen LogP contribution in [0.3, 0.4) is 0 Å². The Bertz CT molecular complexity index is 1200. The molecule has 0 spiro atoms. The second-order valence-corrected chi connectivity index (χ2v) is 20.5. The van der Waals surface area contributed by atoms with Crippen molar-refractivity contribution < 1.29 is 57.2 Å². The number of rotatable bonds is 34. The normalized spacial score (nSPS) is 17.8. The van der Waals surface area contributed by atoms with Gasteiger partial charge in [-0.05, 0) is 88.1 Å². The standard InChI is InChI=1S/C54H91NO12/c56-49(33-29-43-19-7-1-8-20-43)62-39-47(40-63-50(57)34-30-44-21-9-2-10-22-44)66-53(60)27-15-5-17-37-55-38-18-6-16-28-54(61)67-48(41-64-51(58)35-31-45-23-11-3-12-24-45)42-65-52(59)36-32-46-25-13-4-14-26-46/h43-48,55H,1-42H2. The van der Waals surface area contributed by atoms with E-state index in [0.29, 0.717) is 62.2 Å². The predicted octanol–water partition coefficient (Wildman–Crippen LogP) is 11.1. The number of hydrogen-bond donors (Lipinski definition) is 1. The van der Waals surface area contributed by atoms with Gasteiger partial charge < -0.3 is 33.7 Å². The minimum Gasteiger partial charge on any atom is -0.462 e. The van der Waals surface area contributed by atoms with Crippen molar-refractivity contribution in [2.45, 2.75) is 243 Å². The smallest absolute Gasteiger partial charge is 0.306 e. The van der Waals surface area contributed by atoms with E-state index in [0.717, 1.165) is 116 Å². The fourth-order valence-corrected chi connectivity index (χ4v) is 10.5. The molecule has 0 aliphatic heterocycles. The van der Waals surface area contributed by atoms with E-state index in [1.807, 2.05) is 0 Å². The van der Waals surface area contributed by atoms with Gasteiger partial charge in [-0.15, -0.1) is 0 Å². The first-order chi connectivity index (χ1) is 32.7. The number of unbranched alkanes of at least 4 members (excludes halogenated alkanes) is 4. The zero-order valence-electron chi connectivity index (χ0n) is 41.6. The summed E-state index contributed by atoms with van der Waals surface area (Å²) in [5.41, 5.74) is 0. The third-order valence-corrected chi connectivity index (χ3v) is 14.7. The van der Waals surface area contributed by atoms with Gasteiger partial charge in [-0.2, -0.15) is 0 Å². The molecule has 0 bridgehead atoms. The average Bonchev–Trinajstić information content (AvgIpc) is 3.35. The molecule has 0 heterocycles. The van der Waals surface area contributed by atoms with Gasteiger partial charge in [-0.25, -0.2) is 0 Å². The van der Waals surface area contributed by atoms with Crippen LogP contribution >= 0.6 is 0 Å². The molecule has 67 heavy (non-hydrogen) atoms. The average molecular weight is 946 g/mol. The van der Waals surface area contributed by atoms with E-state index in [9.17, 15) is 28.8 Å². The van der Waals surface area contributed by atoms with Gasteiger partial charge in [0.25, 0.3) is 0 Å². The lowest BCUT2D eigenvalue weighted by Crippen LogP contribution is -2.31. The van der Waals surface area contributed by atoms with E-state index < -0.39 is 24.1 Å². The SMILES string of the molecule is O=C(CCC1CCCCC1)OCC(COC(=O)CCC1CCCCC1)OC(=O)CCCCCNCCCCCC(=O)OC(COC(=O)CCC1CCCCC1)COC(=O)CCC1CCCCC1. The number of carbonyl (C=O) groups excluding carboxylic acids is 6. The van der Waals surface area contributed by atoms with Gasteiger partial charge in [0.15, 0.2) is 12.2 Å². The number of esters is 6. The van der Waals surface area contributed by atoms with Crippen LogP contribution in [0.1, 0.15) is 231 Å². The van der Waals surface area contributed by atoms with Crippen LogP contribution in [0.2, 0.25) is 0 Å². The maximum atomic E-state index is 12.8. The molecule has 0 unspecified atom stereocenters. The Morgan fingerprint density at radius 3 is 0.866 bits per heavy atom. The van der Waals surface area contributed by atoms with E-state index in [-0.39, 0.29) is 63.1 Å². The molecule has 0 amide bonds. The molecule has 13 nitrogen and oxygen atoms in total. The molecule has 0 aromatic rings. The summed E-state index contributed by atoms with van der Waals surface area (Å²) >= 11 is 0. The molecule has 0 saturated heterocycles. The van der Waals surface area contributed by atoms with Crippen molar-refractivity contribution in [2.24, 2.45) is 23.7 Å². The largest absolute Gasteiger partial charge is 0.462 e. The first-order valence-corrected chi connectivity index (χ1v) is 27.4. The second kappa shape index (κ2) is 35.8. The molecule has 384 valence electrons. The molecule has 1 N–H and O–H groups in total. The number of ether oxygens (including phenoxy) is 6. The monoisotopic (exact) mass is 946 g/mol. The van der Waals surface area contributed by atoms with Crippen molar-refractivity contribution in [1.29, 1.82) is 0 Å². The summed E-state index contributed by atoms with van der Waals surface area (Å²) in [7, 11) is 0. The highest BCUT2D eigenvalue weighted by atomic mass is 16.6. The predicted molar refractivity (Wildman–Crippen MR) is 257 cm³/mol. The molecule has 0 aromatic carbocycles. The lowest BCUT2D eigenvalue weighted by atomic mass is 9.86. The van der Waals surface area contributed by atoms with Crippen LogP contribution in [-0.2, 0) is 57.2 Å². The van der Waals surface area contributed by atoms with Crippen LogP contribution in [0.4, 0.5) is 0 Å². The summed E-state index contributed by atoms with van der Waals surface area (Å²) < 4.78 is 33.4. The van der Waals surface area contributed by atoms with Crippen molar-refractivity contribution in [3.8, 4) is 0 Å². The van der Waals surface area contributed by atoms with Crippen LogP contribution in [0.15, 0.2) is 0 Å². The summed E-state index contributed by atoms with van der Waals surface area (Å²) in [6.45, 7) is 1.12. The highest BCUT2D eigenvalue weighted by Gasteiger charge is 2.24. The summed E-state index contributed by atoms with van der Waals surface area (Å²) in [5.74, 6) is 0.256. The number of hydrogen-bond acceptors (Lipinski definition) is 13. The molecule has 4 aliphatic carbocycles.